The second-order valence-corrected chi connectivity index (χ2v) is 7.90. The molecule has 0 spiro atoms. The van der Waals surface area contributed by atoms with Gasteiger partial charge in [0.25, 0.3) is 0 Å². The summed E-state index contributed by atoms with van der Waals surface area (Å²) in [5.41, 5.74) is 0.574. The molecule has 0 amide bonds. The van der Waals surface area contributed by atoms with Crippen LogP contribution in [-0.4, -0.2) is 26.6 Å². The molecule has 0 saturated heterocycles. The number of benzene rings is 1. The van der Waals surface area contributed by atoms with Crippen molar-refractivity contribution < 1.29 is 13.2 Å². The summed E-state index contributed by atoms with van der Waals surface area (Å²) in [5.74, 6) is 0.966. The molecular weight excluding hydrogens is 336 g/mol. The zero-order valence-electron chi connectivity index (χ0n) is 15.3. The molecule has 6 heteroatoms. The van der Waals surface area contributed by atoms with Gasteiger partial charge >= 0.3 is 0 Å². The molecule has 0 aliphatic carbocycles. The predicted molar refractivity (Wildman–Crippen MR) is 101 cm³/mol. The average molecular weight is 365 g/mol. The van der Waals surface area contributed by atoms with E-state index in [1.807, 2.05) is 6.92 Å². The quantitative estimate of drug-likeness (QED) is 0.688. The first kappa shape index (κ1) is 19.7. The van der Waals surface area contributed by atoms with Gasteiger partial charge in [-0.1, -0.05) is 33.1 Å². The lowest BCUT2D eigenvalue weighted by Crippen LogP contribution is -2.29. The van der Waals surface area contributed by atoms with Crippen LogP contribution in [0, 0.1) is 5.92 Å². The number of sulfonamides is 1. The van der Waals surface area contributed by atoms with Crippen molar-refractivity contribution in [1.29, 1.82) is 0 Å². The molecular formula is C19H28N2O3S. The largest absolute Gasteiger partial charge is 0.492 e. The Morgan fingerprint density at radius 1 is 1.20 bits per heavy atom. The normalized spacial score (nSPS) is 13.1. The van der Waals surface area contributed by atoms with E-state index in [4.69, 9.17) is 4.74 Å². The van der Waals surface area contributed by atoms with Crippen LogP contribution < -0.4 is 9.46 Å². The first-order chi connectivity index (χ1) is 12.0. The van der Waals surface area contributed by atoms with Crippen LogP contribution in [0.5, 0.6) is 5.75 Å². The van der Waals surface area contributed by atoms with E-state index < -0.39 is 10.0 Å². The van der Waals surface area contributed by atoms with Gasteiger partial charge in [0.05, 0.1) is 11.5 Å². The maximum Gasteiger partial charge on any atom is 0.241 e. The number of hydrogen-bond acceptors (Lipinski definition) is 4. The van der Waals surface area contributed by atoms with E-state index in [9.17, 15) is 8.42 Å². The van der Waals surface area contributed by atoms with E-state index in [2.05, 4.69) is 23.6 Å². The summed E-state index contributed by atoms with van der Waals surface area (Å²) < 4.78 is 34.0. The number of unbranched alkanes of at least 4 members (excludes halogenated alkanes) is 1. The fourth-order valence-corrected chi connectivity index (χ4v) is 4.19. The minimum absolute atomic E-state index is 0.254. The van der Waals surface area contributed by atoms with Crippen molar-refractivity contribution in [2.45, 2.75) is 51.3 Å². The SMILES string of the molecule is CCCC[C@H](CC)CNS(=O)(=O)c1ccc(OCC)c2ncccc12. The zero-order valence-corrected chi connectivity index (χ0v) is 16.1. The van der Waals surface area contributed by atoms with Crippen LogP contribution >= 0.6 is 0 Å². The van der Waals surface area contributed by atoms with Crippen molar-refractivity contribution in [2.75, 3.05) is 13.2 Å². The summed E-state index contributed by atoms with van der Waals surface area (Å²) in [6, 6.07) is 6.80. The molecule has 1 atom stereocenters. The Labute approximate surface area is 150 Å². The Balaban J connectivity index is 2.29. The van der Waals surface area contributed by atoms with Crippen molar-refractivity contribution in [3.8, 4) is 5.75 Å². The topological polar surface area (TPSA) is 68.3 Å². The molecule has 2 rings (SSSR count). The molecule has 1 aromatic carbocycles. The third kappa shape index (κ3) is 4.92. The second-order valence-electron chi connectivity index (χ2n) is 6.16. The summed E-state index contributed by atoms with van der Waals surface area (Å²) in [6.07, 6.45) is 5.90. The van der Waals surface area contributed by atoms with E-state index in [-0.39, 0.29) is 4.90 Å². The van der Waals surface area contributed by atoms with E-state index in [1.165, 1.54) is 0 Å². The second kappa shape index (κ2) is 9.15. The van der Waals surface area contributed by atoms with Crippen molar-refractivity contribution in [3.63, 3.8) is 0 Å². The number of fused-ring (bicyclic) bond motifs is 1. The molecule has 1 aromatic heterocycles. The van der Waals surface area contributed by atoms with Gasteiger partial charge in [0.2, 0.25) is 10.0 Å². The lowest BCUT2D eigenvalue weighted by Gasteiger charge is -2.16. The molecule has 0 fully saturated rings. The standard InChI is InChI=1S/C19H28N2O3S/c1-4-7-9-15(5-2)14-21-25(22,23)18-12-11-17(24-6-3)19-16(18)10-8-13-20-19/h8,10-13,15,21H,4-7,9,14H2,1-3H3/t15-/m0/s1. The first-order valence-electron chi connectivity index (χ1n) is 9.03. The molecule has 25 heavy (non-hydrogen) atoms. The summed E-state index contributed by atoms with van der Waals surface area (Å²) in [6.45, 7) is 7.11. The van der Waals surface area contributed by atoms with E-state index in [0.29, 0.717) is 35.7 Å². The van der Waals surface area contributed by atoms with Crippen LogP contribution in [0.1, 0.15) is 46.5 Å². The molecule has 5 nitrogen and oxygen atoms in total. The molecule has 0 unspecified atom stereocenters. The van der Waals surface area contributed by atoms with Crippen molar-refractivity contribution in [1.82, 2.24) is 9.71 Å². The van der Waals surface area contributed by atoms with Crippen molar-refractivity contribution >= 4 is 20.9 Å². The van der Waals surface area contributed by atoms with Gasteiger partial charge in [0.15, 0.2) is 0 Å². The predicted octanol–water partition coefficient (Wildman–Crippen LogP) is 4.13. The zero-order chi connectivity index (χ0) is 18.3. The minimum atomic E-state index is -3.59. The Kier molecular flexibility index (Phi) is 7.20. The molecule has 2 aromatic rings. The van der Waals surface area contributed by atoms with E-state index >= 15 is 0 Å². The van der Waals surface area contributed by atoms with Gasteiger partial charge in [-0.15, -0.1) is 0 Å². The first-order valence-corrected chi connectivity index (χ1v) is 10.5. The van der Waals surface area contributed by atoms with Crippen LogP contribution in [0.3, 0.4) is 0 Å². The number of nitrogens with one attached hydrogen (secondary N) is 1. The molecule has 0 saturated carbocycles. The Morgan fingerprint density at radius 3 is 2.68 bits per heavy atom. The van der Waals surface area contributed by atoms with Gasteiger partial charge in [0.1, 0.15) is 11.3 Å². The third-order valence-corrected chi connectivity index (χ3v) is 5.87. The summed E-state index contributed by atoms with van der Waals surface area (Å²) in [5, 5.41) is 0.586. The number of nitrogens with zero attached hydrogens (tertiary/aromatic N) is 1. The lowest BCUT2D eigenvalue weighted by molar-refractivity contribution is 0.343. The van der Waals surface area contributed by atoms with E-state index in [1.54, 1.807) is 30.5 Å². The smallest absolute Gasteiger partial charge is 0.241 e. The Hall–Kier alpha value is -1.66. The molecule has 0 aliphatic heterocycles. The van der Waals surface area contributed by atoms with Crippen LogP contribution in [0.4, 0.5) is 0 Å². The van der Waals surface area contributed by atoms with Crippen LogP contribution in [0.15, 0.2) is 35.4 Å². The highest BCUT2D eigenvalue weighted by Gasteiger charge is 2.20. The Morgan fingerprint density at radius 2 is 2.00 bits per heavy atom. The summed E-state index contributed by atoms with van der Waals surface area (Å²) in [7, 11) is -3.59. The highest BCUT2D eigenvalue weighted by molar-refractivity contribution is 7.89. The summed E-state index contributed by atoms with van der Waals surface area (Å²) in [4.78, 5) is 4.56. The van der Waals surface area contributed by atoms with Gasteiger partial charge in [-0.25, -0.2) is 13.1 Å². The van der Waals surface area contributed by atoms with Crippen LogP contribution in [-0.2, 0) is 10.0 Å². The molecule has 0 aliphatic rings. The van der Waals surface area contributed by atoms with Gasteiger partial charge in [0, 0.05) is 18.1 Å². The highest BCUT2D eigenvalue weighted by Crippen LogP contribution is 2.29. The molecule has 1 N–H and O–H groups in total. The number of pyridine rings is 1. The minimum Gasteiger partial charge on any atom is -0.492 e. The maximum atomic E-state index is 12.8. The monoisotopic (exact) mass is 364 g/mol. The lowest BCUT2D eigenvalue weighted by atomic mass is 10.00. The van der Waals surface area contributed by atoms with Gasteiger partial charge in [-0.05, 0) is 43.5 Å². The summed E-state index contributed by atoms with van der Waals surface area (Å²) >= 11 is 0. The van der Waals surface area contributed by atoms with Crippen LogP contribution in [0.2, 0.25) is 0 Å². The fraction of sp³-hybridized carbons (Fsp3) is 0.526. The highest BCUT2D eigenvalue weighted by atomic mass is 32.2. The van der Waals surface area contributed by atoms with Crippen molar-refractivity contribution in [2.24, 2.45) is 5.92 Å². The third-order valence-electron chi connectivity index (χ3n) is 4.39. The average Bonchev–Trinajstić information content (AvgIpc) is 2.62. The fourth-order valence-electron chi connectivity index (χ4n) is 2.88. The van der Waals surface area contributed by atoms with Gasteiger partial charge < -0.3 is 4.74 Å². The van der Waals surface area contributed by atoms with Gasteiger partial charge in [-0.2, -0.15) is 0 Å². The number of rotatable bonds is 10. The van der Waals surface area contributed by atoms with Crippen molar-refractivity contribution in [3.05, 3.63) is 30.5 Å². The Bertz CT molecular complexity index is 790. The van der Waals surface area contributed by atoms with Gasteiger partial charge in [-0.3, -0.25) is 4.98 Å². The maximum absolute atomic E-state index is 12.8. The molecule has 1 heterocycles. The molecule has 138 valence electrons. The molecule has 0 bridgehead atoms. The van der Waals surface area contributed by atoms with Crippen LogP contribution in [0.25, 0.3) is 10.9 Å². The number of ether oxygens (including phenoxy) is 1. The molecule has 0 radical (unpaired) electrons. The number of aromatic nitrogens is 1. The number of hydrogen-bond donors (Lipinski definition) is 1. The van der Waals surface area contributed by atoms with E-state index in [0.717, 1.165) is 25.7 Å².